The Morgan fingerprint density at radius 3 is 2.46 bits per heavy atom. The van der Waals surface area contributed by atoms with Crippen LogP contribution in [0.4, 0.5) is 4.39 Å². The van der Waals surface area contributed by atoms with Gasteiger partial charge in [0.1, 0.15) is 11.9 Å². The zero-order valence-corrected chi connectivity index (χ0v) is 15.4. The van der Waals surface area contributed by atoms with Crippen molar-refractivity contribution in [2.24, 2.45) is 5.73 Å². The molecule has 0 aliphatic carbocycles. The van der Waals surface area contributed by atoms with Crippen LogP contribution in [-0.2, 0) is 16.1 Å². The number of hydrogen-bond acceptors (Lipinski definition) is 4. The lowest BCUT2D eigenvalue weighted by atomic mass is 10.0. The fourth-order valence-electron chi connectivity index (χ4n) is 2.65. The number of amides is 1. The third kappa shape index (κ3) is 7.32. The molecule has 1 aliphatic rings. The zero-order chi connectivity index (χ0) is 15.9. The van der Waals surface area contributed by atoms with E-state index in [-0.39, 0.29) is 49.2 Å². The maximum atomic E-state index is 12.9. The molecule has 2 rings (SSSR count). The molecule has 0 bridgehead atoms. The molecular formula is C16H26Cl2FN3O2. The number of methoxy groups -OCH3 is 1. The number of benzene rings is 1. The molecule has 0 aromatic heterocycles. The summed E-state index contributed by atoms with van der Waals surface area (Å²) in [6.07, 6.45) is 1.79. The number of halogens is 3. The van der Waals surface area contributed by atoms with Crippen molar-refractivity contribution in [3.05, 3.63) is 35.6 Å². The minimum Gasteiger partial charge on any atom is -0.383 e. The minimum absolute atomic E-state index is 0. The summed E-state index contributed by atoms with van der Waals surface area (Å²) >= 11 is 0. The first-order chi connectivity index (χ1) is 10.6. The molecule has 1 aromatic carbocycles. The number of rotatable bonds is 6. The van der Waals surface area contributed by atoms with E-state index in [1.807, 2.05) is 12.1 Å². The van der Waals surface area contributed by atoms with E-state index in [2.05, 4.69) is 10.2 Å². The Bertz CT molecular complexity index is 483. The molecule has 5 nitrogen and oxygen atoms in total. The predicted octanol–water partition coefficient (Wildman–Crippen LogP) is 1.72. The molecule has 1 atom stereocenters. The highest BCUT2D eigenvalue weighted by Gasteiger charge is 2.22. The zero-order valence-electron chi connectivity index (χ0n) is 13.7. The first-order valence-electron chi connectivity index (χ1n) is 7.60. The molecule has 1 unspecified atom stereocenters. The molecule has 8 heteroatoms. The second kappa shape index (κ2) is 11.6. The summed E-state index contributed by atoms with van der Waals surface area (Å²) in [5.74, 6) is -0.364. The van der Waals surface area contributed by atoms with Crippen LogP contribution in [0.3, 0.4) is 0 Å². The summed E-state index contributed by atoms with van der Waals surface area (Å²) in [6.45, 7) is 2.85. The first-order valence-corrected chi connectivity index (χ1v) is 7.60. The van der Waals surface area contributed by atoms with E-state index in [9.17, 15) is 9.18 Å². The SMILES string of the molecule is COCC(N)C(=O)NC1CCN(Cc2ccc(F)cc2)CC1.Cl.Cl. The van der Waals surface area contributed by atoms with Crippen LogP contribution in [0, 0.1) is 5.82 Å². The van der Waals surface area contributed by atoms with Crippen LogP contribution in [-0.4, -0.2) is 49.7 Å². The fraction of sp³-hybridized carbons (Fsp3) is 0.562. The highest BCUT2D eigenvalue weighted by molar-refractivity contribution is 5.85. The van der Waals surface area contributed by atoms with Crippen LogP contribution in [0.15, 0.2) is 24.3 Å². The maximum Gasteiger partial charge on any atom is 0.239 e. The Kier molecular flexibility index (Phi) is 11.2. The Labute approximate surface area is 154 Å². The summed E-state index contributed by atoms with van der Waals surface area (Å²) in [6, 6.07) is 6.15. The van der Waals surface area contributed by atoms with Gasteiger partial charge in [0.25, 0.3) is 0 Å². The molecular weight excluding hydrogens is 356 g/mol. The van der Waals surface area contributed by atoms with E-state index in [0.29, 0.717) is 0 Å². The van der Waals surface area contributed by atoms with Gasteiger partial charge in [-0.1, -0.05) is 12.1 Å². The lowest BCUT2D eigenvalue weighted by molar-refractivity contribution is -0.124. The monoisotopic (exact) mass is 381 g/mol. The van der Waals surface area contributed by atoms with Crippen molar-refractivity contribution in [3.8, 4) is 0 Å². The molecule has 1 fully saturated rings. The van der Waals surface area contributed by atoms with Crippen LogP contribution in [0.5, 0.6) is 0 Å². The third-order valence-corrected chi connectivity index (χ3v) is 3.94. The number of ether oxygens (including phenoxy) is 1. The number of carbonyl (C=O) groups is 1. The van der Waals surface area contributed by atoms with Gasteiger partial charge in [-0.25, -0.2) is 4.39 Å². The van der Waals surface area contributed by atoms with E-state index in [4.69, 9.17) is 10.5 Å². The van der Waals surface area contributed by atoms with E-state index in [1.165, 1.54) is 19.2 Å². The second-order valence-corrected chi connectivity index (χ2v) is 5.75. The molecule has 1 heterocycles. The minimum atomic E-state index is -0.609. The molecule has 3 N–H and O–H groups in total. The van der Waals surface area contributed by atoms with Gasteiger partial charge in [0.15, 0.2) is 0 Å². The largest absolute Gasteiger partial charge is 0.383 e. The van der Waals surface area contributed by atoms with Crippen LogP contribution < -0.4 is 11.1 Å². The molecule has 0 saturated carbocycles. The van der Waals surface area contributed by atoms with Crippen LogP contribution in [0.2, 0.25) is 0 Å². The number of nitrogens with zero attached hydrogens (tertiary/aromatic N) is 1. The Balaban J connectivity index is 0.00000264. The quantitative estimate of drug-likeness (QED) is 0.787. The van der Waals surface area contributed by atoms with E-state index in [0.717, 1.165) is 38.0 Å². The van der Waals surface area contributed by atoms with Crippen molar-refractivity contribution in [3.63, 3.8) is 0 Å². The number of nitrogens with two attached hydrogens (primary N) is 1. The summed E-state index contributed by atoms with van der Waals surface area (Å²) in [4.78, 5) is 14.2. The number of nitrogens with one attached hydrogen (secondary N) is 1. The maximum absolute atomic E-state index is 12.9. The number of piperidine rings is 1. The van der Waals surface area contributed by atoms with Crippen molar-refractivity contribution in [2.45, 2.75) is 31.5 Å². The highest BCUT2D eigenvalue weighted by Crippen LogP contribution is 2.14. The Morgan fingerprint density at radius 2 is 1.92 bits per heavy atom. The van der Waals surface area contributed by atoms with Crippen molar-refractivity contribution < 1.29 is 13.9 Å². The highest BCUT2D eigenvalue weighted by atomic mass is 35.5. The molecule has 24 heavy (non-hydrogen) atoms. The van der Waals surface area contributed by atoms with Crippen molar-refractivity contribution in [1.82, 2.24) is 10.2 Å². The van der Waals surface area contributed by atoms with Crippen molar-refractivity contribution in [1.29, 1.82) is 0 Å². The molecule has 1 aliphatic heterocycles. The van der Waals surface area contributed by atoms with Gasteiger partial charge >= 0.3 is 0 Å². The number of likely N-dealkylation sites (tertiary alicyclic amines) is 1. The summed E-state index contributed by atoms with van der Waals surface area (Å²) in [5, 5.41) is 2.98. The van der Waals surface area contributed by atoms with Crippen molar-refractivity contribution in [2.75, 3.05) is 26.8 Å². The van der Waals surface area contributed by atoms with Crippen LogP contribution in [0.25, 0.3) is 0 Å². The van der Waals surface area contributed by atoms with Crippen molar-refractivity contribution >= 4 is 30.7 Å². The summed E-state index contributed by atoms with van der Waals surface area (Å²) in [5.41, 5.74) is 6.81. The fourth-order valence-corrected chi connectivity index (χ4v) is 2.65. The molecule has 1 amide bonds. The standard InChI is InChI=1S/C16H24FN3O2.2ClH/c1-22-11-15(18)16(21)19-14-6-8-20(9-7-14)10-12-2-4-13(17)5-3-12;;/h2-5,14-15H,6-11,18H2,1H3,(H,19,21);2*1H. The Morgan fingerprint density at radius 1 is 1.33 bits per heavy atom. The lowest BCUT2D eigenvalue weighted by Gasteiger charge is -2.32. The Hall–Kier alpha value is -0.920. The van der Waals surface area contributed by atoms with Gasteiger partial charge < -0.3 is 15.8 Å². The average Bonchev–Trinajstić information content (AvgIpc) is 2.51. The average molecular weight is 382 g/mol. The summed E-state index contributed by atoms with van der Waals surface area (Å²) in [7, 11) is 1.53. The smallest absolute Gasteiger partial charge is 0.239 e. The van der Waals surface area contributed by atoms with Gasteiger partial charge in [-0.05, 0) is 30.5 Å². The van der Waals surface area contributed by atoms with Crippen LogP contribution in [0.1, 0.15) is 18.4 Å². The normalized spacial score (nSPS) is 16.6. The third-order valence-electron chi connectivity index (χ3n) is 3.94. The van der Waals surface area contributed by atoms with Crippen LogP contribution >= 0.6 is 24.8 Å². The lowest BCUT2D eigenvalue weighted by Crippen LogP contribution is -2.50. The van der Waals surface area contributed by atoms with E-state index < -0.39 is 6.04 Å². The number of carbonyl (C=O) groups excluding carboxylic acids is 1. The topological polar surface area (TPSA) is 67.6 Å². The van der Waals surface area contributed by atoms with Gasteiger partial charge in [-0.2, -0.15) is 0 Å². The van der Waals surface area contributed by atoms with Gasteiger partial charge in [-0.3, -0.25) is 9.69 Å². The van der Waals surface area contributed by atoms with Gasteiger partial charge in [-0.15, -0.1) is 24.8 Å². The van der Waals surface area contributed by atoms with E-state index >= 15 is 0 Å². The molecule has 1 saturated heterocycles. The number of hydrogen-bond donors (Lipinski definition) is 2. The molecule has 1 aromatic rings. The second-order valence-electron chi connectivity index (χ2n) is 5.75. The van der Waals surface area contributed by atoms with Gasteiger partial charge in [0, 0.05) is 32.8 Å². The summed E-state index contributed by atoms with van der Waals surface area (Å²) < 4.78 is 17.8. The molecule has 138 valence electrons. The molecule has 0 radical (unpaired) electrons. The van der Waals surface area contributed by atoms with Gasteiger partial charge in [0.2, 0.25) is 5.91 Å². The predicted molar refractivity (Wildman–Crippen MR) is 97.2 cm³/mol. The van der Waals surface area contributed by atoms with Gasteiger partial charge in [0.05, 0.1) is 6.61 Å². The molecule has 0 spiro atoms. The van der Waals surface area contributed by atoms with E-state index in [1.54, 1.807) is 0 Å². The first kappa shape index (κ1) is 23.1.